The summed E-state index contributed by atoms with van der Waals surface area (Å²) in [5.41, 5.74) is 9.88. The van der Waals surface area contributed by atoms with E-state index in [-0.39, 0.29) is 0 Å². The lowest BCUT2D eigenvalue weighted by atomic mass is 10.1. The molecule has 0 saturated carbocycles. The molecule has 2 heterocycles. The Labute approximate surface area is 146 Å². The van der Waals surface area contributed by atoms with Crippen LogP contribution in [0.1, 0.15) is 22.9 Å². The first-order valence-corrected chi connectivity index (χ1v) is 9.30. The van der Waals surface area contributed by atoms with Crippen LogP contribution in [0.4, 0.5) is 0 Å². The average Bonchev–Trinajstić information content (AvgIpc) is 3.25. The molecule has 0 bridgehead atoms. The van der Waals surface area contributed by atoms with Crippen LogP contribution in [0.5, 0.6) is 0 Å². The predicted molar refractivity (Wildman–Crippen MR) is 104 cm³/mol. The molecule has 0 amide bonds. The summed E-state index contributed by atoms with van der Waals surface area (Å²) in [6.45, 7) is 3.70. The van der Waals surface area contributed by atoms with Crippen LogP contribution >= 0.6 is 11.3 Å². The second-order valence-electron chi connectivity index (χ2n) is 5.78. The summed E-state index contributed by atoms with van der Waals surface area (Å²) in [4.78, 5) is 9.14. The maximum Gasteiger partial charge on any atom is 0.188 e. The van der Waals surface area contributed by atoms with E-state index in [0.717, 1.165) is 32.4 Å². The Balaban J connectivity index is 1.51. The number of aromatic amines is 1. The first-order chi connectivity index (χ1) is 11.8. The summed E-state index contributed by atoms with van der Waals surface area (Å²) in [6.07, 6.45) is 5.02. The van der Waals surface area contributed by atoms with Gasteiger partial charge in [-0.2, -0.15) is 0 Å². The molecule has 0 radical (unpaired) electrons. The number of nitrogens with zero attached hydrogens (tertiary/aromatic N) is 1. The average molecular weight is 340 g/mol. The summed E-state index contributed by atoms with van der Waals surface area (Å²) in [6, 6.07) is 10.7. The smallest absolute Gasteiger partial charge is 0.188 e. The lowest BCUT2D eigenvalue weighted by Crippen LogP contribution is -2.33. The Hall–Kier alpha value is -2.27. The minimum atomic E-state index is 0.528. The van der Waals surface area contributed by atoms with Gasteiger partial charge in [0, 0.05) is 41.5 Å². The van der Waals surface area contributed by atoms with Crippen molar-refractivity contribution >= 4 is 28.2 Å². The highest BCUT2D eigenvalue weighted by Crippen LogP contribution is 2.22. The number of nitrogens with two attached hydrogens (primary N) is 1. The highest BCUT2D eigenvalue weighted by atomic mass is 32.1. The topological polar surface area (TPSA) is 66.2 Å². The number of fused-ring (bicyclic) bond motifs is 1. The molecule has 3 rings (SSSR count). The molecule has 0 unspecified atom stereocenters. The van der Waals surface area contributed by atoms with Gasteiger partial charge in [-0.05, 0) is 35.4 Å². The number of benzene rings is 1. The van der Waals surface area contributed by atoms with E-state index in [1.807, 2.05) is 0 Å². The van der Waals surface area contributed by atoms with E-state index in [2.05, 4.69) is 64.1 Å². The lowest BCUT2D eigenvalue weighted by molar-refractivity contribution is 0.848. The second-order valence-corrected chi connectivity index (χ2v) is 6.81. The van der Waals surface area contributed by atoms with Crippen molar-refractivity contribution in [3.63, 3.8) is 0 Å². The number of thiophene rings is 1. The summed E-state index contributed by atoms with van der Waals surface area (Å²) in [5, 5.41) is 6.61. The van der Waals surface area contributed by atoms with Gasteiger partial charge >= 0.3 is 0 Å². The van der Waals surface area contributed by atoms with Gasteiger partial charge < -0.3 is 16.0 Å². The third kappa shape index (κ3) is 3.97. The van der Waals surface area contributed by atoms with E-state index < -0.39 is 0 Å². The number of para-hydroxylation sites is 1. The molecule has 0 spiro atoms. The predicted octanol–water partition coefficient (Wildman–Crippen LogP) is 3.48. The lowest BCUT2D eigenvalue weighted by Gasteiger charge is -2.05. The number of hydrogen-bond donors (Lipinski definition) is 3. The molecule has 0 saturated heterocycles. The molecule has 4 nitrogen and oxygen atoms in total. The first kappa shape index (κ1) is 16.6. The van der Waals surface area contributed by atoms with E-state index in [4.69, 9.17) is 5.73 Å². The van der Waals surface area contributed by atoms with E-state index in [1.165, 1.54) is 26.9 Å². The Morgan fingerprint density at radius 2 is 2.12 bits per heavy atom. The number of aliphatic imine (C=N–C) groups is 1. The fourth-order valence-electron chi connectivity index (χ4n) is 2.90. The zero-order valence-corrected chi connectivity index (χ0v) is 14.8. The summed E-state index contributed by atoms with van der Waals surface area (Å²) < 4.78 is 0. The summed E-state index contributed by atoms with van der Waals surface area (Å²) >= 11 is 1.76. The Morgan fingerprint density at radius 1 is 1.21 bits per heavy atom. The summed E-state index contributed by atoms with van der Waals surface area (Å²) in [5.74, 6) is 0.528. The molecule has 24 heavy (non-hydrogen) atoms. The van der Waals surface area contributed by atoms with Crippen molar-refractivity contribution in [2.24, 2.45) is 10.7 Å². The van der Waals surface area contributed by atoms with Crippen molar-refractivity contribution in [3.8, 4) is 0 Å². The van der Waals surface area contributed by atoms with Gasteiger partial charge in [0.15, 0.2) is 5.96 Å². The normalized spacial score (nSPS) is 12.0. The van der Waals surface area contributed by atoms with Gasteiger partial charge in [0.25, 0.3) is 0 Å². The molecule has 3 aromatic rings. The molecule has 0 fully saturated rings. The van der Waals surface area contributed by atoms with E-state index in [0.29, 0.717) is 5.96 Å². The number of rotatable bonds is 7. The van der Waals surface area contributed by atoms with Crippen LogP contribution in [-0.2, 0) is 19.3 Å². The maximum absolute atomic E-state index is 5.95. The van der Waals surface area contributed by atoms with E-state index in [1.54, 1.807) is 11.3 Å². The number of H-pyrrole nitrogens is 1. The monoisotopic (exact) mass is 340 g/mol. The van der Waals surface area contributed by atoms with Crippen molar-refractivity contribution < 1.29 is 0 Å². The molecule has 5 heteroatoms. The van der Waals surface area contributed by atoms with E-state index in [9.17, 15) is 0 Å². The number of aromatic nitrogens is 1. The molecule has 0 aliphatic carbocycles. The van der Waals surface area contributed by atoms with Crippen molar-refractivity contribution in [1.29, 1.82) is 0 Å². The summed E-state index contributed by atoms with van der Waals surface area (Å²) in [7, 11) is 0. The number of nitrogens with one attached hydrogen (secondary N) is 2. The largest absolute Gasteiger partial charge is 0.370 e. The highest BCUT2D eigenvalue weighted by Gasteiger charge is 2.06. The minimum Gasteiger partial charge on any atom is -0.370 e. The maximum atomic E-state index is 5.95. The molecule has 126 valence electrons. The number of hydrogen-bond acceptors (Lipinski definition) is 2. The van der Waals surface area contributed by atoms with Crippen LogP contribution in [0.25, 0.3) is 10.9 Å². The SMILES string of the molecule is CCc1cccc2c(CCNC(N)=NCCc3cccs3)c[nH]c12. The fourth-order valence-corrected chi connectivity index (χ4v) is 3.60. The van der Waals surface area contributed by atoms with Crippen LogP contribution in [0, 0.1) is 0 Å². The van der Waals surface area contributed by atoms with Gasteiger partial charge in [-0.25, -0.2) is 0 Å². The van der Waals surface area contributed by atoms with E-state index >= 15 is 0 Å². The van der Waals surface area contributed by atoms with Gasteiger partial charge in [0.05, 0.1) is 0 Å². The molecule has 0 atom stereocenters. The Kier molecular flexibility index (Phi) is 5.54. The van der Waals surface area contributed by atoms with Crippen LogP contribution < -0.4 is 11.1 Å². The van der Waals surface area contributed by atoms with Crippen molar-refractivity contribution in [2.75, 3.05) is 13.1 Å². The molecule has 0 aliphatic heterocycles. The zero-order chi connectivity index (χ0) is 16.8. The molecule has 0 aliphatic rings. The Morgan fingerprint density at radius 3 is 2.92 bits per heavy atom. The van der Waals surface area contributed by atoms with Gasteiger partial charge in [0.2, 0.25) is 0 Å². The minimum absolute atomic E-state index is 0.528. The van der Waals surface area contributed by atoms with Crippen molar-refractivity contribution in [3.05, 3.63) is 57.9 Å². The molecule has 4 N–H and O–H groups in total. The van der Waals surface area contributed by atoms with Gasteiger partial charge in [-0.3, -0.25) is 4.99 Å². The first-order valence-electron chi connectivity index (χ1n) is 8.42. The fraction of sp³-hybridized carbons (Fsp3) is 0.316. The Bertz CT molecular complexity index is 802. The molecule has 2 aromatic heterocycles. The third-order valence-corrected chi connectivity index (χ3v) is 5.13. The van der Waals surface area contributed by atoms with Gasteiger partial charge in [-0.15, -0.1) is 11.3 Å². The van der Waals surface area contributed by atoms with Crippen molar-refractivity contribution in [1.82, 2.24) is 10.3 Å². The van der Waals surface area contributed by atoms with Crippen LogP contribution in [0.2, 0.25) is 0 Å². The number of guanidine groups is 1. The second kappa shape index (κ2) is 8.02. The van der Waals surface area contributed by atoms with Crippen molar-refractivity contribution in [2.45, 2.75) is 26.2 Å². The molecular weight excluding hydrogens is 316 g/mol. The van der Waals surface area contributed by atoms with Crippen LogP contribution in [0.15, 0.2) is 46.9 Å². The zero-order valence-electron chi connectivity index (χ0n) is 14.0. The van der Waals surface area contributed by atoms with Gasteiger partial charge in [0.1, 0.15) is 0 Å². The third-order valence-electron chi connectivity index (χ3n) is 4.19. The standard InChI is InChI=1S/C19H24N4S/c1-2-14-5-3-7-17-15(13-23-18(14)17)8-10-21-19(20)22-11-9-16-6-4-12-24-16/h3-7,12-13,23H,2,8-11H2,1H3,(H3,20,21,22). The highest BCUT2D eigenvalue weighted by molar-refractivity contribution is 7.09. The van der Waals surface area contributed by atoms with Crippen LogP contribution in [0.3, 0.4) is 0 Å². The van der Waals surface area contributed by atoms with Gasteiger partial charge in [-0.1, -0.05) is 31.2 Å². The quantitative estimate of drug-likeness (QED) is 0.455. The number of aryl methyl sites for hydroxylation is 1. The molecular formula is C19H24N4S. The van der Waals surface area contributed by atoms with Crippen LogP contribution in [-0.4, -0.2) is 24.0 Å². The molecule has 1 aromatic carbocycles.